The van der Waals surface area contributed by atoms with Crippen LogP contribution < -0.4 is 23.4 Å². The molecule has 0 radical (unpaired) electrons. The van der Waals surface area contributed by atoms with Gasteiger partial charge in [0.15, 0.2) is 0 Å². The number of hydrogen-bond donors (Lipinski definition) is 1. The zero-order chi connectivity index (χ0) is 27.9. The van der Waals surface area contributed by atoms with E-state index in [1.807, 2.05) is 140 Å². The van der Waals surface area contributed by atoms with Gasteiger partial charge in [-0.05, 0) is 78.7 Å². The van der Waals surface area contributed by atoms with Crippen molar-refractivity contribution in [2.24, 2.45) is 0 Å². The third-order valence-corrected chi connectivity index (χ3v) is 10.0. The second-order valence-electron chi connectivity index (χ2n) is 9.33. The van der Waals surface area contributed by atoms with Crippen molar-refractivity contribution < 1.29 is 18.1 Å². The van der Waals surface area contributed by atoms with Gasteiger partial charge in [-0.3, -0.25) is 0 Å². The molecule has 206 valence electrons. The molecule has 5 aromatic carbocycles. The molecule has 0 aromatic heterocycles. The quantitative estimate of drug-likeness (QED) is 0.162. The van der Waals surface area contributed by atoms with E-state index in [0.29, 0.717) is 11.4 Å². The van der Waals surface area contributed by atoms with E-state index in [2.05, 4.69) is 5.32 Å². The topological polar surface area (TPSA) is 49.0 Å². The Morgan fingerprint density at radius 1 is 0.537 bits per heavy atom. The van der Waals surface area contributed by atoms with E-state index in [9.17, 15) is 0 Å². The molecule has 1 aliphatic rings. The average Bonchev–Trinajstić information content (AvgIpc) is 3.02. The molecule has 0 aliphatic carbocycles. The molecule has 0 bridgehead atoms. The molecule has 1 heterocycles. The highest BCUT2D eigenvalue weighted by Gasteiger charge is 2.42. The number of hydrogen-bond acceptors (Lipinski definition) is 5. The SMILES string of the molecule is Clc1ccc2c(c1)C(P(Oc1ccccc1)Oc1ccccc1)CC(P(Oc1ccccc1)Oc1ccccc1)N2. The normalized spacial score (nSPS) is 16.0. The minimum absolute atomic E-state index is 0.130. The Morgan fingerprint density at radius 2 is 0.951 bits per heavy atom. The smallest absolute Gasteiger partial charge is 0.314 e. The second-order valence-corrected chi connectivity index (χ2v) is 12.9. The van der Waals surface area contributed by atoms with E-state index in [-0.39, 0.29) is 11.4 Å². The van der Waals surface area contributed by atoms with Gasteiger partial charge in [-0.2, -0.15) is 0 Å². The lowest BCUT2D eigenvalue weighted by Gasteiger charge is -2.38. The van der Waals surface area contributed by atoms with E-state index >= 15 is 0 Å². The molecule has 2 atom stereocenters. The maximum atomic E-state index is 6.62. The van der Waals surface area contributed by atoms with Gasteiger partial charge in [0.2, 0.25) is 0 Å². The standard InChI is InChI=1S/C33H28ClNO4P2/c34-25-21-22-31-30(23-25)32(40(36-26-13-5-1-6-14-26)37-27-15-7-2-8-16-27)24-33(35-31)41(38-28-17-9-3-10-18-28)39-29-19-11-4-12-20-29/h1-23,32-33,35H,24H2. The van der Waals surface area contributed by atoms with Crippen LogP contribution in [0.5, 0.6) is 23.0 Å². The fraction of sp³-hybridized carbons (Fsp3) is 0.0909. The Morgan fingerprint density at radius 3 is 1.39 bits per heavy atom. The molecule has 2 unspecified atom stereocenters. The number of anilines is 1. The van der Waals surface area contributed by atoms with Crippen LogP contribution in [0.1, 0.15) is 17.6 Å². The van der Waals surface area contributed by atoms with E-state index in [0.717, 1.165) is 34.2 Å². The summed E-state index contributed by atoms with van der Waals surface area (Å²) in [6.45, 7) is 0. The van der Waals surface area contributed by atoms with E-state index < -0.39 is 16.8 Å². The summed E-state index contributed by atoms with van der Waals surface area (Å²) in [4.78, 5) is 0. The fourth-order valence-electron chi connectivity index (χ4n) is 4.49. The molecule has 0 spiro atoms. The van der Waals surface area contributed by atoms with Crippen molar-refractivity contribution >= 4 is 34.0 Å². The molecule has 1 aliphatic heterocycles. The minimum Gasteiger partial charge on any atom is -0.438 e. The number of rotatable bonds is 10. The van der Waals surface area contributed by atoms with Gasteiger partial charge in [-0.25, -0.2) is 0 Å². The van der Waals surface area contributed by atoms with Gasteiger partial charge in [0.05, 0.1) is 5.66 Å². The summed E-state index contributed by atoms with van der Waals surface area (Å²) in [7, 11) is -2.98. The van der Waals surface area contributed by atoms with Gasteiger partial charge in [0, 0.05) is 10.7 Å². The van der Waals surface area contributed by atoms with E-state index in [4.69, 9.17) is 29.7 Å². The number of halogens is 1. The Labute approximate surface area is 247 Å². The zero-order valence-electron chi connectivity index (χ0n) is 22.0. The van der Waals surface area contributed by atoms with Crippen LogP contribution in [0.3, 0.4) is 0 Å². The predicted molar refractivity (Wildman–Crippen MR) is 168 cm³/mol. The van der Waals surface area contributed by atoms with Crippen molar-refractivity contribution in [2.45, 2.75) is 17.9 Å². The van der Waals surface area contributed by atoms with E-state index in [1.165, 1.54) is 0 Å². The Kier molecular flexibility index (Phi) is 8.88. The van der Waals surface area contributed by atoms with Crippen LogP contribution >= 0.6 is 28.4 Å². The van der Waals surface area contributed by atoms with Gasteiger partial charge in [-0.15, -0.1) is 0 Å². The first-order valence-corrected chi connectivity index (χ1v) is 16.1. The Bertz CT molecular complexity index is 1450. The highest BCUT2D eigenvalue weighted by molar-refractivity contribution is 7.50. The third kappa shape index (κ3) is 7.13. The zero-order valence-corrected chi connectivity index (χ0v) is 24.6. The second kappa shape index (κ2) is 13.3. The van der Waals surface area contributed by atoms with Crippen LogP contribution in [0, 0.1) is 0 Å². The first kappa shape index (κ1) is 27.4. The molecule has 6 rings (SSSR count). The fourth-order valence-corrected chi connectivity index (χ4v) is 8.19. The molecular formula is C33H28ClNO4P2. The average molecular weight is 600 g/mol. The maximum Gasteiger partial charge on any atom is 0.314 e. The summed E-state index contributed by atoms with van der Waals surface area (Å²) in [5.74, 6) is 2.82. The van der Waals surface area contributed by atoms with Crippen LogP contribution in [0.25, 0.3) is 0 Å². The molecule has 5 nitrogen and oxygen atoms in total. The van der Waals surface area contributed by atoms with Crippen LogP contribution in [0.15, 0.2) is 140 Å². The highest BCUT2D eigenvalue weighted by atomic mass is 35.5. The third-order valence-electron chi connectivity index (χ3n) is 6.40. The number of para-hydroxylation sites is 4. The lowest BCUT2D eigenvalue weighted by molar-refractivity contribution is 0.452. The van der Waals surface area contributed by atoms with Crippen molar-refractivity contribution in [3.8, 4) is 23.0 Å². The first-order chi connectivity index (χ1) is 20.2. The summed E-state index contributed by atoms with van der Waals surface area (Å²) >= 11 is 6.53. The predicted octanol–water partition coefficient (Wildman–Crippen LogP) is 10.5. The Hall–Kier alpha value is -3.75. The first-order valence-electron chi connectivity index (χ1n) is 13.3. The highest BCUT2D eigenvalue weighted by Crippen LogP contribution is 2.61. The molecule has 0 saturated carbocycles. The van der Waals surface area contributed by atoms with Crippen molar-refractivity contribution in [1.29, 1.82) is 0 Å². The van der Waals surface area contributed by atoms with Gasteiger partial charge >= 0.3 is 8.38 Å². The molecule has 1 N–H and O–H groups in total. The molecule has 0 fully saturated rings. The summed E-state index contributed by atoms with van der Waals surface area (Å²) in [6.07, 6.45) is 0.643. The molecule has 41 heavy (non-hydrogen) atoms. The summed E-state index contributed by atoms with van der Waals surface area (Å²) < 4.78 is 26.3. The molecule has 5 aromatic rings. The van der Waals surface area contributed by atoms with Crippen LogP contribution in [0.4, 0.5) is 5.69 Å². The van der Waals surface area contributed by atoms with Gasteiger partial charge in [0.1, 0.15) is 28.8 Å². The number of fused-ring (bicyclic) bond motifs is 1. The van der Waals surface area contributed by atoms with Crippen molar-refractivity contribution in [1.82, 2.24) is 0 Å². The number of nitrogens with one attached hydrogen (secondary N) is 1. The summed E-state index contributed by atoms with van der Waals surface area (Å²) in [5, 5.41) is 4.36. The molecule has 0 amide bonds. The van der Waals surface area contributed by atoms with Crippen LogP contribution in [-0.2, 0) is 0 Å². The summed E-state index contributed by atoms with van der Waals surface area (Å²) in [5.41, 5.74) is 1.87. The minimum atomic E-state index is -1.50. The summed E-state index contributed by atoms with van der Waals surface area (Å²) in [6, 6.07) is 45.0. The van der Waals surface area contributed by atoms with Crippen molar-refractivity contribution in [3.63, 3.8) is 0 Å². The maximum absolute atomic E-state index is 6.62. The Balaban J connectivity index is 1.37. The van der Waals surface area contributed by atoms with Crippen LogP contribution in [-0.4, -0.2) is 5.78 Å². The molecule has 0 saturated heterocycles. The molecule has 8 heteroatoms. The van der Waals surface area contributed by atoms with Gasteiger partial charge in [0.25, 0.3) is 8.38 Å². The molecular weight excluding hydrogens is 572 g/mol. The van der Waals surface area contributed by atoms with Gasteiger partial charge in [-0.1, -0.05) is 84.4 Å². The lowest BCUT2D eigenvalue weighted by atomic mass is 10.0. The monoisotopic (exact) mass is 599 g/mol. The number of benzene rings is 5. The van der Waals surface area contributed by atoms with Crippen molar-refractivity contribution in [2.75, 3.05) is 5.32 Å². The lowest BCUT2D eigenvalue weighted by Crippen LogP contribution is -2.30. The van der Waals surface area contributed by atoms with Gasteiger partial charge < -0.3 is 23.4 Å². The van der Waals surface area contributed by atoms with Crippen molar-refractivity contribution in [3.05, 3.63) is 150 Å². The largest absolute Gasteiger partial charge is 0.438 e. The van der Waals surface area contributed by atoms with E-state index in [1.54, 1.807) is 0 Å². The van der Waals surface area contributed by atoms with Crippen LogP contribution in [0.2, 0.25) is 5.02 Å².